The Kier molecular flexibility index (Phi) is 2.13. The Balaban J connectivity index is 3.37. The van der Waals surface area contributed by atoms with Gasteiger partial charge in [-0.3, -0.25) is 4.79 Å². The van der Waals surface area contributed by atoms with Crippen LogP contribution in [-0.2, 0) is 0 Å². The van der Waals surface area contributed by atoms with Crippen molar-refractivity contribution in [1.29, 1.82) is 0 Å². The van der Waals surface area contributed by atoms with Gasteiger partial charge < -0.3 is 5.11 Å². The lowest BCUT2D eigenvalue weighted by molar-refractivity contribution is 0.101. The van der Waals surface area contributed by atoms with Gasteiger partial charge in [0, 0.05) is 17.2 Å². The summed E-state index contributed by atoms with van der Waals surface area (Å²) in [6, 6.07) is 2.11. The normalized spacial score (nSPS) is 9.92. The summed E-state index contributed by atoms with van der Waals surface area (Å²) >= 11 is 0. The number of phenols is 1. The molecular formula is C9H9FO2. The molecule has 0 aliphatic heterocycles. The zero-order chi connectivity index (χ0) is 9.30. The Bertz CT molecular complexity index is 332. The number of phenolic OH excluding ortho intramolecular Hbond substituents is 1. The lowest BCUT2D eigenvalue weighted by Crippen LogP contribution is -1.97. The average molecular weight is 168 g/mol. The third-order valence-electron chi connectivity index (χ3n) is 1.72. The first-order chi connectivity index (χ1) is 5.52. The van der Waals surface area contributed by atoms with Crippen molar-refractivity contribution in [3.8, 4) is 5.75 Å². The van der Waals surface area contributed by atoms with Crippen molar-refractivity contribution in [3.63, 3.8) is 0 Å². The molecule has 0 aliphatic carbocycles. The summed E-state index contributed by atoms with van der Waals surface area (Å²) in [5.41, 5.74) is 0.649. The van der Waals surface area contributed by atoms with E-state index < -0.39 is 5.82 Å². The lowest BCUT2D eigenvalue weighted by Gasteiger charge is -2.03. The molecular weight excluding hydrogens is 159 g/mol. The molecule has 64 valence electrons. The highest BCUT2D eigenvalue weighted by molar-refractivity contribution is 5.96. The van der Waals surface area contributed by atoms with E-state index in [0.717, 1.165) is 12.1 Å². The number of benzene rings is 1. The lowest BCUT2D eigenvalue weighted by atomic mass is 10.0. The maximum Gasteiger partial charge on any atom is 0.160 e. The molecule has 1 aromatic rings. The summed E-state index contributed by atoms with van der Waals surface area (Å²) in [4.78, 5) is 10.9. The molecule has 12 heavy (non-hydrogen) atoms. The van der Waals surface area contributed by atoms with Gasteiger partial charge in [0.2, 0.25) is 0 Å². The molecule has 0 saturated heterocycles. The number of rotatable bonds is 1. The Morgan fingerprint density at radius 1 is 1.50 bits per heavy atom. The molecule has 0 unspecified atom stereocenters. The number of aromatic hydroxyl groups is 1. The highest BCUT2D eigenvalue weighted by Gasteiger charge is 2.09. The molecule has 0 bridgehead atoms. The van der Waals surface area contributed by atoms with Crippen LogP contribution in [0.5, 0.6) is 5.75 Å². The fraction of sp³-hybridized carbons (Fsp3) is 0.222. The van der Waals surface area contributed by atoms with E-state index in [1.165, 1.54) is 6.92 Å². The van der Waals surface area contributed by atoms with Crippen molar-refractivity contribution in [3.05, 3.63) is 29.1 Å². The number of halogens is 1. The molecule has 0 amide bonds. The molecule has 0 heterocycles. The Labute approximate surface area is 69.6 Å². The summed E-state index contributed by atoms with van der Waals surface area (Å²) in [6.07, 6.45) is 0. The standard InChI is InChI=1S/C9H9FO2/c1-5-8(6(2)11)3-7(10)4-9(5)12/h3-4,12H,1-2H3. The second-order valence-electron chi connectivity index (χ2n) is 2.65. The van der Waals surface area contributed by atoms with Crippen molar-refractivity contribution in [2.45, 2.75) is 13.8 Å². The zero-order valence-electron chi connectivity index (χ0n) is 6.89. The summed E-state index contributed by atoms with van der Waals surface area (Å²) in [5.74, 6) is -1.02. The summed E-state index contributed by atoms with van der Waals surface area (Å²) in [7, 11) is 0. The summed E-state index contributed by atoms with van der Waals surface area (Å²) < 4.78 is 12.7. The fourth-order valence-corrected chi connectivity index (χ4v) is 1.03. The topological polar surface area (TPSA) is 37.3 Å². The van der Waals surface area contributed by atoms with Crippen molar-refractivity contribution < 1.29 is 14.3 Å². The largest absolute Gasteiger partial charge is 0.508 e. The molecule has 0 spiro atoms. The van der Waals surface area contributed by atoms with Crippen LogP contribution in [0, 0.1) is 12.7 Å². The predicted octanol–water partition coefficient (Wildman–Crippen LogP) is 2.04. The van der Waals surface area contributed by atoms with Gasteiger partial charge in [0.05, 0.1) is 0 Å². The minimum Gasteiger partial charge on any atom is -0.508 e. The number of Topliss-reactive ketones (excluding diaryl/α,β-unsaturated/α-hetero) is 1. The maximum atomic E-state index is 12.7. The van der Waals surface area contributed by atoms with Gasteiger partial charge in [0.15, 0.2) is 5.78 Å². The quantitative estimate of drug-likeness (QED) is 0.651. The maximum absolute atomic E-state index is 12.7. The van der Waals surface area contributed by atoms with Crippen molar-refractivity contribution in [2.75, 3.05) is 0 Å². The second-order valence-corrected chi connectivity index (χ2v) is 2.65. The molecule has 0 fully saturated rings. The molecule has 1 rings (SSSR count). The summed E-state index contributed by atoms with van der Waals surface area (Å²) in [5, 5.41) is 9.14. The summed E-state index contributed by atoms with van der Waals surface area (Å²) in [6.45, 7) is 2.91. The van der Waals surface area contributed by atoms with Crippen LogP contribution < -0.4 is 0 Å². The average Bonchev–Trinajstić information content (AvgIpc) is 1.96. The minimum atomic E-state index is -0.594. The molecule has 0 saturated carbocycles. The first-order valence-electron chi connectivity index (χ1n) is 3.52. The number of hydrogen-bond donors (Lipinski definition) is 1. The minimum absolute atomic E-state index is 0.180. The molecule has 1 aromatic carbocycles. The van der Waals surface area contributed by atoms with Crippen LogP contribution in [0.25, 0.3) is 0 Å². The van der Waals surface area contributed by atoms with Crippen LogP contribution in [0.15, 0.2) is 12.1 Å². The number of hydrogen-bond acceptors (Lipinski definition) is 2. The van der Waals surface area contributed by atoms with Gasteiger partial charge in [-0.1, -0.05) is 0 Å². The van der Waals surface area contributed by atoms with E-state index in [4.69, 9.17) is 5.11 Å². The number of carbonyl (C=O) groups excluding carboxylic acids is 1. The van der Waals surface area contributed by atoms with E-state index in [1.54, 1.807) is 6.92 Å². The first kappa shape index (κ1) is 8.71. The monoisotopic (exact) mass is 168 g/mol. The van der Waals surface area contributed by atoms with Crippen LogP contribution in [0.1, 0.15) is 22.8 Å². The van der Waals surface area contributed by atoms with E-state index in [2.05, 4.69) is 0 Å². The first-order valence-corrected chi connectivity index (χ1v) is 3.52. The van der Waals surface area contributed by atoms with Crippen LogP contribution in [0.2, 0.25) is 0 Å². The Morgan fingerprint density at radius 3 is 2.58 bits per heavy atom. The second kappa shape index (κ2) is 2.93. The van der Waals surface area contributed by atoms with E-state index in [9.17, 15) is 9.18 Å². The van der Waals surface area contributed by atoms with E-state index in [0.29, 0.717) is 5.56 Å². The van der Waals surface area contributed by atoms with Crippen LogP contribution in [0.3, 0.4) is 0 Å². The molecule has 0 radical (unpaired) electrons. The van der Waals surface area contributed by atoms with Gasteiger partial charge in [-0.25, -0.2) is 4.39 Å². The van der Waals surface area contributed by atoms with Gasteiger partial charge in [0.25, 0.3) is 0 Å². The van der Waals surface area contributed by atoms with E-state index in [1.807, 2.05) is 0 Å². The van der Waals surface area contributed by atoms with E-state index in [-0.39, 0.29) is 17.1 Å². The molecule has 0 aromatic heterocycles. The number of ketones is 1. The van der Waals surface area contributed by atoms with Crippen molar-refractivity contribution >= 4 is 5.78 Å². The smallest absolute Gasteiger partial charge is 0.160 e. The highest BCUT2D eigenvalue weighted by Crippen LogP contribution is 2.21. The number of carbonyl (C=O) groups is 1. The SMILES string of the molecule is CC(=O)c1cc(F)cc(O)c1C. The zero-order valence-corrected chi connectivity index (χ0v) is 6.89. The highest BCUT2D eigenvalue weighted by atomic mass is 19.1. The van der Waals surface area contributed by atoms with Crippen LogP contribution in [0.4, 0.5) is 4.39 Å². The predicted molar refractivity (Wildman–Crippen MR) is 42.8 cm³/mol. The van der Waals surface area contributed by atoms with Gasteiger partial charge in [0.1, 0.15) is 11.6 Å². The molecule has 0 aliphatic rings. The molecule has 3 heteroatoms. The molecule has 1 N–H and O–H groups in total. The van der Waals surface area contributed by atoms with Crippen LogP contribution >= 0.6 is 0 Å². The van der Waals surface area contributed by atoms with Gasteiger partial charge in [-0.2, -0.15) is 0 Å². The van der Waals surface area contributed by atoms with Crippen molar-refractivity contribution in [1.82, 2.24) is 0 Å². The fourth-order valence-electron chi connectivity index (χ4n) is 1.03. The Hall–Kier alpha value is -1.38. The molecule has 0 atom stereocenters. The Morgan fingerprint density at radius 2 is 2.08 bits per heavy atom. The van der Waals surface area contributed by atoms with Gasteiger partial charge >= 0.3 is 0 Å². The van der Waals surface area contributed by atoms with Crippen molar-refractivity contribution in [2.24, 2.45) is 0 Å². The van der Waals surface area contributed by atoms with Crippen LogP contribution in [-0.4, -0.2) is 10.9 Å². The van der Waals surface area contributed by atoms with Gasteiger partial charge in [-0.05, 0) is 19.9 Å². The van der Waals surface area contributed by atoms with E-state index >= 15 is 0 Å². The van der Waals surface area contributed by atoms with Gasteiger partial charge in [-0.15, -0.1) is 0 Å². The third-order valence-corrected chi connectivity index (χ3v) is 1.72. The molecule has 2 nitrogen and oxygen atoms in total. The third kappa shape index (κ3) is 1.44.